The van der Waals surface area contributed by atoms with Crippen molar-refractivity contribution in [3.8, 4) is 0 Å². The SMILES string of the molecule is CCCCCCCCCCCCCCCC(=O)NCCCC[C@H](NC(=O)C(CCCCNC(=O)COCCOCCOCCO[C@@H]1O[C@H](CCO)[C@H](O)[C@H](O)[C@H]1NC(C)=O)NC(=O)[C@H](CCCCNC(=O)COCCOCCOCCO[C@@H]1O[C@H](CO)[C@H](O)[C@H](O)[C@H]1NC(C)=O)NC(=O)COCCOCCOCCO[C@@H]1O[C@H](CO)[C@H](O)[C@H](O)[C@H]1NC(C)=O)C(=O)NCCCCCCC(C)(C)C. The number of rotatable bonds is 84. The fraction of sp³-hybridized carbons (Fsp3) is 0.892. The van der Waals surface area contributed by atoms with Crippen LogP contribution >= 0.6 is 0 Å². The number of unbranched alkanes of at least 4 members (excludes halogenated alkanes) is 18. The maximum absolute atomic E-state index is 14.9. The number of amides is 10. The molecule has 3 rings (SSSR count). The molecule has 0 aliphatic carbocycles. The Kier molecular flexibility index (Phi) is 71.4. The predicted molar refractivity (Wildman–Crippen MR) is 498 cm³/mol. The Balaban J connectivity index is 1.71. The third-order valence-electron chi connectivity index (χ3n) is 22.7. The molecular weight excluding hydrogens is 1800 g/mol. The van der Waals surface area contributed by atoms with Crippen molar-refractivity contribution >= 4 is 59.1 Å². The lowest BCUT2D eigenvalue weighted by Crippen LogP contribution is -2.64. The molecule has 18 atom stereocenters. The first-order valence-electron chi connectivity index (χ1n) is 49.7. The van der Waals surface area contributed by atoms with Gasteiger partial charge >= 0.3 is 0 Å². The molecule has 44 nitrogen and oxygen atoms in total. The van der Waals surface area contributed by atoms with Gasteiger partial charge in [0.15, 0.2) is 18.9 Å². The smallest absolute Gasteiger partial charge is 0.246 e. The molecule has 0 bridgehead atoms. The first-order chi connectivity index (χ1) is 65.9. The first-order valence-corrected chi connectivity index (χ1v) is 49.7. The van der Waals surface area contributed by atoms with E-state index in [4.69, 9.17) is 71.1 Å². The summed E-state index contributed by atoms with van der Waals surface area (Å²) in [6.07, 6.45) is 7.37. The van der Waals surface area contributed by atoms with Gasteiger partial charge in [0.25, 0.3) is 0 Å². The summed E-state index contributed by atoms with van der Waals surface area (Å²) >= 11 is 0. The number of nitrogens with one attached hydrogen (secondary N) is 10. The molecule has 10 amide bonds. The van der Waals surface area contributed by atoms with Crippen LogP contribution in [-0.2, 0) is 119 Å². The fourth-order valence-electron chi connectivity index (χ4n) is 15.2. The lowest BCUT2D eigenvalue weighted by molar-refractivity contribution is -0.272. The molecule has 3 heterocycles. The molecule has 0 aromatic rings. The second-order valence-electron chi connectivity index (χ2n) is 35.9. The molecule has 137 heavy (non-hydrogen) atoms. The van der Waals surface area contributed by atoms with Gasteiger partial charge in [-0.15, -0.1) is 0 Å². The van der Waals surface area contributed by atoms with Gasteiger partial charge in [0, 0.05) is 60.0 Å². The topological polar surface area (TPSA) is 612 Å². The van der Waals surface area contributed by atoms with Gasteiger partial charge < -0.3 is 170 Å². The Morgan fingerprint density at radius 3 is 0.964 bits per heavy atom. The van der Waals surface area contributed by atoms with Gasteiger partial charge in [-0.25, -0.2) is 0 Å². The minimum absolute atomic E-state index is 0.00320. The Morgan fingerprint density at radius 1 is 0.314 bits per heavy atom. The molecule has 3 saturated heterocycles. The van der Waals surface area contributed by atoms with E-state index in [0.717, 1.165) is 51.4 Å². The highest BCUT2D eigenvalue weighted by Crippen LogP contribution is 2.28. The molecule has 798 valence electrons. The van der Waals surface area contributed by atoms with E-state index in [-0.39, 0.29) is 202 Å². The summed E-state index contributed by atoms with van der Waals surface area (Å²) in [5.41, 5.74) is 0.181. The highest BCUT2D eigenvalue weighted by Gasteiger charge is 2.48. The Labute approximate surface area is 808 Å². The Bertz CT molecular complexity index is 3200. The lowest BCUT2D eigenvalue weighted by atomic mass is 9.89. The summed E-state index contributed by atoms with van der Waals surface area (Å²) in [6.45, 7) is 11.9. The van der Waals surface area contributed by atoms with Crippen LogP contribution in [0.2, 0.25) is 0 Å². The number of aliphatic hydroxyl groups is 9. The largest absolute Gasteiger partial charge is 0.396 e. The standard InChI is InChI=1S/C93H172N10O34/c1-8-9-10-11-12-13-14-15-16-17-18-19-22-34-74(110)94-37-28-23-31-68(87(120)97-40-27-21-20-26-36-93(5,6)7)102-89(122)70(33-25-30-39-96-76(112)63-130-52-48-123-42-45-126-54-57-132-90-78(98-65(2)107)84(117)81(114)71(135-90)35-41-104)103-88(121)69(101-77(113)64-131-53-50-125-44-47-128-56-59-134-92-80(100-67(4)109)86(119)83(116)73(61-106)137-92)32-24-29-38-95-75(111)62-129-51-49-124-43-46-127-55-58-133-91-79(99-66(3)108)85(118)82(115)72(60-105)136-91/h68-73,78-86,90-92,104-106,114-119H,8-64H2,1-7H3,(H,94,110)(H,95,111)(H,96,112)(H,97,120)(H,98,107)(H,99,108)(H,100,109)(H,101,113)(H,102,122)(H,103,121)/t68-,69-,70?,71+,72+,73+,78+,79+,80+,81-,82-,83-,84+,85+,86+,90+,91+,92+/m0/s1. The zero-order chi connectivity index (χ0) is 101. The maximum Gasteiger partial charge on any atom is 0.246 e. The average Bonchev–Trinajstić information content (AvgIpc) is 0.811. The summed E-state index contributed by atoms with van der Waals surface area (Å²) < 4.78 is 84.1. The second kappa shape index (κ2) is 78.3. The van der Waals surface area contributed by atoms with Crippen LogP contribution in [0.15, 0.2) is 0 Å². The van der Waals surface area contributed by atoms with Crippen molar-refractivity contribution < 1.29 is 165 Å². The minimum Gasteiger partial charge on any atom is -0.396 e. The van der Waals surface area contributed by atoms with Gasteiger partial charge in [0.05, 0.1) is 138 Å². The van der Waals surface area contributed by atoms with E-state index in [1.807, 2.05) is 0 Å². The molecule has 0 aromatic carbocycles. The molecule has 3 aliphatic rings. The summed E-state index contributed by atoms with van der Waals surface area (Å²) in [6, 6.07) is -6.95. The molecule has 0 radical (unpaired) electrons. The molecule has 19 N–H and O–H groups in total. The van der Waals surface area contributed by atoms with Gasteiger partial charge in [-0.3, -0.25) is 47.9 Å². The van der Waals surface area contributed by atoms with Crippen LogP contribution in [0.3, 0.4) is 0 Å². The first kappa shape index (κ1) is 125. The molecular formula is C93H172N10O34. The second-order valence-corrected chi connectivity index (χ2v) is 35.9. The summed E-state index contributed by atoms with van der Waals surface area (Å²) in [4.78, 5) is 132. The Morgan fingerprint density at radius 2 is 0.606 bits per heavy atom. The van der Waals surface area contributed by atoms with Crippen LogP contribution in [0.25, 0.3) is 0 Å². The van der Waals surface area contributed by atoms with Gasteiger partial charge in [0.1, 0.15) is 105 Å². The molecule has 44 heteroatoms. The lowest BCUT2D eigenvalue weighted by Gasteiger charge is -2.42. The van der Waals surface area contributed by atoms with Gasteiger partial charge in [0.2, 0.25) is 59.1 Å². The zero-order valence-corrected chi connectivity index (χ0v) is 82.4. The summed E-state index contributed by atoms with van der Waals surface area (Å²) in [5.74, 6) is -4.99. The van der Waals surface area contributed by atoms with E-state index in [1.54, 1.807) is 0 Å². The average molecular weight is 1970 g/mol. The van der Waals surface area contributed by atoms with E-state index in [0.29, 0.717) is 51.6 Å². The normalized spacial score (nSPS) is 22.3. The van der Waals surface area contributed by atoms with Gasteiger partial charge in [-0.1, -0.05) is 124 Å². The quantitative estimate of drug-likeness (QED) is 0.0335. The van der Waals surface area contributed by atoms with E-state index >= 15 is 0 Å². The number of hydrogen-bond donors (Lipinski definition) is 19. The van der Waals surface area contributed by atoms with Crippen molar-refractivity contribution in [2.45, 2.75) is 345 Å². The van der Waals surface area contributed by atoms with Crippen molar-refractivity contribution in [1.29, 1.82) is 0 Å². The van der Waals surface area contributed by atoms with E-state index in [1.165, 1.54) is 78.6 Å². The van der Waals surface area contributed by atoms with E-state index < -0.39 is 183 Å². The molecule has 0 spiro atoms. The highest BCUT2D eigenvalue weighted by molar-refractivity contribution is 5.94. The van der Waals surface area contributed by atoms with Crippen molar-refractivity contribution in [3.63, 3.8) is 0 Å². The highest BCUT2D eigenvalue weighted by atomic mass is 16.7. The van der Waals surface area contributed by atoms with Crippen molar-refractivity contribution in [2.75, 3.05) is 185 Å². The Hall–Kier alpha value is -6.26. The van der Waals surface area contributed by atoms with Crippen LogP contribution in [0, 0.1) is 5.41 Å². The molecule has 3 fully saturated rings. The fourth-order valence-corrected chi connectivity index (χ4v) is 15.2. The van der Waals surface area contributed by atoms with Crippen LogP contribution in [-0.4, -0.2) is 400 Å². The van der Waals surface area contributed by atoms with Crippen LogP contribution in [0.5, 0.6) is 0 Å². The van der Waals surface area contributed by atoms with Crippen molar-refractivity contribution in [1.82, 2.24) is 53.2 Å². The van der Waals surface area contributed by atoms with Crippen molar-refractivity contribution in [3.05, 3.63) is 0 Å². The van der Waals surface area contributed by atoms with E-state index in [2.05, 4.69) is 80.9 Å². The number of carbonyl (C=O) groups is 10. The third kappa shape index (κ3) is 59.4. The molecule has 3 aliphatic heterocycles. The summed E-state index contributed by atoms with van der Waals surface area (Å²) in [5, 5.41) is 119. The maximum atomic E-state index is 14.9. The monoisotopic (exact) mass is 1970 g/mol. The number of carbonyl (C=O) groups excluding carboxylic acids is 10. The minimum atomic E-state index is -1.49. The van der Waals surface area contributed by atoms with Crippen LogP contribution in [0.4, 0.5) is 0 Å². The van der Waals surface area contributed by atoms with E-state index in [9.17, 15) is 93.9 Å². The number of aliphatic hydroxyl groups excluding tert-OH is 9. The summed E-state index contributed by atoms with van der Waals surface area (Å²) in [7, 11) is 0. The molecule has 1 unspecified atom stereocenters. The zero-order valence-electron chi connectivity index (χ0n) is 82.4. The van der Waals surface area contributed by atoms with Crippen LogP contribution < -0.4 is 53.2 Å². The predicted octanol–water partition coefficient (Wildman–Crippen LogP) is -0.685. The molecule has 0 saturated carbocycles. The number of hydrogen-bond acceptors (Lipinski definition) is 34. The molecule has 0 aromatic heterocycles. The van der Waals surface area contributed by atoms with Gasteiger partial charge in [-0.2, -0.15) is 0 Å². The van der Waals surface area contributed by atoms with Gasteiger partial charge in [-0.05, 0) is 88.9 Å². The third-order valence-corrected chi connectivity index (χ3v) is 22.7. The van der Waals surface area contributed by atoms with Crippen LogP contribution in [0.1, 0.15) is 235 Å². The number of ether oxygens (including phenoxy) is 15. The van der Waals surface area contributed by atoms with Crippen molar-refractivity contribution in [2.24, 2.45) is 5.41 Å².